The third-order valence-corrected chi connectivity index (χ3v) is 9.38. The Balaban J connectivity index is 1.10. The Labute approximate surface area is 222 Å². The first-order chi connectivity index (χ1) is 17.5. The lowest BCUT2D eigenvalue weighted by molar-refractivity contribution is 0.0122. The van der Waals surface area contributed by atoms with E-state index in [1.165, 1.54) is 0 Å². The summed E-state index contributed by atoms with van der Waals surface area (Å²) in [4.78, 5) is 6.99. The third-order valence-electron chi connectivity index (χ3n) is 7.71. The van der Waals surface area contributed by atoms with Crippen LogP contribution in [0.15, 0.2) is 34.9 Å². The molecular formula is C27H24Cl2FN3O2S. The Morgan fingerprint density at radius 1 is 1.19 bits per heavy atom. The minimum Gasteiger partial charge on any atom is -0.373 e. The SMILES string of the molecule is Cc1cc(F)c2nc(N3CC4CC3CC4OCc3c(-c4c(Cl)cccc4Cl)noc3C3CC3)sc2c1. The number of rotatable bonds is 6. The van der Waals surface area contributed by atoms with Crippen molar-refractivity contribution in [2.24, 2.45) is 5.92 Å². The van der Waals surface area contributed by atoms with E-state index in [2.05, 4.69) is 15.0 Å². The zero-order chi connectivity index (χ0) is 24.6. The van der Waals surface area contributed by atoms with E-state index in [4.69, 9.17) is 32.5 Å². The molecule has 2 aromatic heterocycles. The average molecular weight is 544 g/mol. The van der Waals surface area contributed by atoms with Gasteiger partial charge in [-0.3, -0.25) is 0 Å². The molecule has 0 amide bonds. The number of benzene rings is 2. The van der Waals surface area contributed by atoms with Crippen molar-refractivity contribution in [3.63, 3.8) is 0 Å². The lowest BCUT2D eigenvalue weighted by atomic mass is 10.0. The van der Waals surface area contributed by atoms with Crippen molar-refractivity contribution in [3.05, 3.63) is 63.1 Å². The summed E-state index contributed by atoms with van der Waals surface area (Å²) in [5, 5.41) is 6.39. The predicted molar refractivity (Wildman–Crippen MR) is 141 cm³/mol. The monoisotopic (exact) mass is 543 g/mol. The van der Waals surface area contributed by atoms with E-state index in [0.29, 0.717) is 51.3 Å². The highest BCUT2D eigenvalue weighted by Gasteiger charge is 2.46. The number of aryl methyl sites for hydroxylation is 1. The molecule has 3 aliphatic rings. The molecule has 1 saturated heterocycles. The average Bonchev–Trinajstić information content (AvgIpc) is 3.18. The van der Waals surface area contributed by atoms with Gasteiger partial charge in [-0.25, -0.2) is 9.37 Å². The largest absolute Gasteiger partial charge is 0.373 e. The molecule has 1 aliphatic heterocycles. The number of halogens is 3. The summed E-state index contributed by atoms with van der Waals surface area (Å²) in [6.45, 7) is 3.21. The number of ether oxygens (including phenoxy) is 1. The number of piperidine rings is 1. The zero-order valence-electron chi connectivity index (χ0n) is 19.6. The summed E-state index contributed by atoms with van der Waals surface area (Å²) in [6, 6.07) is 9.38. The molecule has 0 radical (unpaired) electrons. The van der Waals surface area contributed by atoms with E-state index in [-0.39, 0.29) is 11.9 Å². The maximum Gasteiger partial charge on any atom is 0.186 e. The van der Waals surface area contributed by atoms with Crippen LogP contribution in [0.3, 0.4) is 0 Å². The molecule has 0 N–H and O–H groups in total. The van der Waals surface area contributed by atoms with Gasteiger partial charge in [0.15, 0.2) is 10.9 Å². The number of hydrogen-bond donors (Lipinski definition) is 0. The number of thiazole rings is 1. The van der Waals surface area contributed by atoms with Gasteiger partial charge < -0.3 is 14.2 Å². The lowest BCUT2D eigenvalue weighted by Gasteiger charge is -2.31. The number of nitrogens with zero attached hydrogens (tertiary/aromatic N) is 3. The molecular weight excluding hydrogens is 520 g/mol. The van der Waals surface area contributed by atoms with Crippen molar-refractivity contribution in [3.8, 4) is 11.3 Å². The van der Waals surface area contributed by atoms with Gasteiger partial charge in [0, 0.05) is 35.5 Å². The number of hydrogen-bond acceptors (Lipinski definition) is 6. The number of aromatic nitrogens is 2. The van der Waals surface area contributed by atoms with E-state index < -0.39 is 0 Å². The minimum absolute atomic E-state index is 0.149. The van der Waals surface area contributed by atoms with Gasteiger partial charge in [-0.1, -0.05) is 45.8 Å². The highest BCUT2D eigenvalue weighted by atomic mass is 35.5. The van der Waals surface area contributed by atoms with Gasteiger partial charge in [-0.15, -0.1) is 0 Å². The molecule has 3 unspecified atom stereocenters. The van der Waals surface area contributed by atoms with Crippen molar-refractivity contribution >= 4 is 49.9 Å². The van der Waals surface area contributed by atoms with Crippen LogP contribution < -0.4 is 4.90 Å². The summed E-state index contributed by atoms with van der Waals surface area (Å²) in [7, 11) is 0. The van der Waals surface area contributed by atoms with Gasteiger partial charge in [-0.05, 0) is 62.4 Å². The van der Waals surface area contributed by atoms with Crippen LogP contribution in [0.4, 0.5) is 9.52 Å². The molecule has 7 rings (SSSR count). The number of fused-ring (bicyclic) bond motifs is 3. The second-order valence-electron chi connectivity index (χ2n) is 10.2. The summed E-state index contributed by atoms with van der Waals surface area (Å²) < 4.78 is 27.6. The zero-order valence-corrected chi connectivity index (χ0v) is 22.0. The van der Waals surface area contributed by atoms with Crippen LogP contribution in [0, 0.1) is 18.7 Å². The van der Waals surface area contributed by atoms with E-state index in [1.54, 1.807) is 17.4 Å². The molecule has 4 aromatic rings. The summed E-state index contributed by atoms with van der Waals surface area (Å²) in [6.07, 6.45) is 4.33. The molecule has 2 saturated carbocycles. The van der Waals surface area contributed by atoms with E-state index in [1.807, 2.05) is 31.2 Å². The van der Waals surface area contributed by atoms with Gasteiger partial charge in [0.05, 0.1) is 27.5 Å². The number of anilines is 1. The first-order valence-corrected chi connectivity index (χ1v) is 13.9. The highest BCUT2D eigenvalue weighted by molar-refractivity contribution is 7.22. The van der Waals surface area contributed by atoms with Gasteiger partial charge >= 0.3 is 0 Å². The molecule has 186 valence electrons. The summed E-state index contributed by atoms with van der Waals surface area (Å²) in [5.41, 5.74) is 3.74. The predicted octanol–water partition coefficient (Wildman–Crippen LogP) is 7.77. The summed E-state index contributed by atoms with van der Waals surface area (Å²) >= 11 is 14.6. The van der Waals surface area contributed by atoms with E-state index >= 15 is 0 Å². The fourth-order valence-electron chi connectivity index (χ4n) is 5.81. The van der Waals surface area contributed by atoms with Gasteiger partial charge in [0.1, 0.15) is 17.0 Å². The van der Waals surface area contributed by atoms with Crippen LogP contribution in [0.5, 0.6) is 0 Å². The molecule has 2 aromatic carbocycles. The second-order valence-corrected chi connectivity index (χ2v) is 12.0. The molecule has 3 heterocycles. The molecule has 3 fully saturated rings. The molecule has 2 bridgehead atoms. The molecule has 3 atom stereocenters. The maximum absolute atomic E-state index is 14.4. The van der Waals surface area contributed by atoms with Gasteiger partial charge in [0.2, 0.25) is 0 Å². The first-order valence-electron chi connectivity index (χ1n) is 12.3. The minimum atomic E-state index is -0.243. The van der Waals surface area contributed by atoms with Crippen LogP contribution in [0.2, 0.25) is 10.0 Å². The fraction of sp³-hybridized carbons (Fsp3) is 0.407. The normalized spacial score (nSPS) is 23.3. The quantitative estimate of drug-likeness (QED) is 0.248. The van der Waals surface area contributed by atoms with Gasteiger partial charge in [0.25, 0.3) is 0 Å². The van der Waals surface area contributed by atoms with Crippen LogP contribution in [0.1, 0.15) is 48.5 Å². The molecule has 0 spiro atoms. The standard InChI is InChI=1S/C27H24Cl2FN3O2S/c1-13-7-20(30)25-22(8-13)36-27(31-25)33-11-15-9-16(33)10-21(15)34-12-17-24(32-35-26(17)14-5-6-14)23-18(28)3-2-4-19(23)29/h2-4,7-8,14-16,21H,5-6,9-12H2,1H3. The van der Waals surface area contributed by atoms with Crippen molar-refractivity contribution in [2.45, 2.75) is 57.3 Å². The molecule has 5 nitrogen and oxygen atoms in total. The highest BCUT2D eigenvalue weighted by Crippen LogP contribution is 2.48. The second kappa shape index (κ2) is 8.69. The van der Waals surface area contributed by atoms with Crippen LogP contribution in [0.25, 0.3) is 21.5 Å². The van der Waals surface area contributed by atoms with E-state index in [9.17, 15) is 4.39 Å². The Kier molecular flexibility index (Phi) is 5.54. The fourth-order valence-corrected chi connectivity index (χ4v) is 7.55. The molecule has 2 aliphatic carbocycles. The smallest absolute Gasteiger partial charge is 0.186 e. The third kappa shape index (κ3) is 3.83. The molecule has 9 heteroatoms. The van der Waals surface area contributed by atoms with Crippen molar-refractivity contribution in [2.75, 3.05) is 11.4 Å². The van der Waals surface area contributed by atoms with Crippen molar-refractivity contribution in [1.82, 2.24) is 10.1 Å². The van der Waals surface area contributed by atoms with E-state index in [0.717, 1.165) is 58.9 Å². The van der Waals surface area contributed by atoms with Gasteiger partial charge in [-0.2, -0.15) is 0 Å². The Morgan fingerprint density at radius 2 is 2.00 bits per heavy atom. The van der Waals surface area contributed by atoms with Crippen molar-refractivity contribution in [1.29, 1.82) is 0 Å². The summed E-state index contributed by atoms with van der Waals surface area (Å²) in [5.74, 6) is 1.46. The Bertz CT molecular complexity index is 1460. The van der Waals surface area contributed by atoms with Crippen LogP contribution in [-0.4, -0.2) is 28.8 Å². The Hall–Kier alpha value is -2.19. The van der Waals surface area contributed by atoms with Crippen LogP contribution >= 0.6 is 34.5 Å². The Morgan fingerprint density at radius 3 is 2.72 bits per heavy atom. The van der Waals surface area contributed by atoms with Crippen LogP contribution in [-0.2, 0) is 11.3 Å². The lowest BCUT2D eigenvalue weighted by Crippen LogP contribution is -2.38. The first kappa shape index (κ1) is 23.0. The van der Waals surface area contributed by atoms with Crippen molar-refractivity contribution < 1.29 is 13.7 Å². The topological polar surface area (TPSA) is 51.4 Å². The molecule has 36 heavy (non-hydrogen) atoms. The maximum atomic E-state index is 14.4.